The Morgan fingerprint density at radius 3 is 2.62 bits per heavy atom. The van der Waals surface area contributed by atoms with E-state index in [0.29, 0.717) is 25.2 Å². The minimum atomic E-state index is -0.367. The number of hydrogen-bond acceptors (Lipinski definition) is 6. The molecule has 0 radical (unpaired) electrons. The van der Waals surface area contributed by atoms with E-state index in [1.54, 1.807) is 23.0 Å². The lowest BCUT2D eigenvalue weighted by atomic mass is 9.98. The molecule has 0 unspecified atom stereocenters. The van der Waals surface area contributed by atoms with Crippen molar-refractivity contribution in [3.63, 3.8) is 0 Å². The van der Waals surface area contributed by atoms with Crippen LogP contribution in [0, 0.1) is 12.8 Å². The number of likely N-dealkylation sites (N-methyl/N-ethyl adjacent to an activating group) is 2. The molecule has 0 spiro atoms. The van der Waals surface area contributed by atoms with E-state index in [9.17, 15) is 14.7 Å². The Balaban J connectivity index is 2.00. The highest BCUT2D eigenvalue weighted by Gasteiger charge is 2.34. The molecule has 0 aliphatic carbocycles. The number of hydrogen-bond donors (Lipinski definition) is 1. The molecule has 8 nitrogen and oxygen atoms in total. The molecule has 3 rings (SSSR count). The number of pyridine rings is 1. The number of fused-ring (bicyclic) bond motifs is 1. The number of rotatable bonds is 7. The van der Waals surface area contributed by atoms with Crippen molar-refractivity contribution >= 4 is 11.8 Å². The number of aryl methyl sites for hydroxylation is 1. The molecular formula is C26H36N4O4. The molecule has 0 saturated heterocycles. The smallest absolute Gasteiger partial charge is 0.259 e. The van der Waals surface area contributed by atoms with E-state index < -0.39 is 0 Å². The number of aliphatic hydroxyl groups excluding tert-OH is 1. The van der Waals surface area contributed by atoms with Crippen LogP contribution in [0.1, 0.15) is 29.8 Å². The second-order valence-corrected chi connectivity index (χ2v) is 9.53. The summed E-state index contributed by atoms with van der Waals surface area (Å²) in [4.78, 5) is 35.9. The standard InChI is InChI=1S/C26H36N4O4/c1-17-9-7-8-10-21(17)20-11-22-25(27-12-20)34-23(14-29(6)24(32)15-28(4)5)18(2)13-30(26(22)33)19(3)16-31/h7-12,18-19,23,31H,13-16H2,1-6H3/t18-,19-,23+/m0/s1. The van der Waals surface area contributed by atoms with Crippen LogP contribution in [0.15, 0.2) is 36.5 Å². The Bertz CT molecular complexity index is 1030. The van der Waals surface area contributed by atoms with Crippen molar-refractivity contribution in [3.8, 4) is 17.0 Å². The van der Waals surface area contributed by atoms with E-state index in [1.165, 1.54) is 0 Å². The predicted molar refractivity (Wildman–Crippen MR) is 132 cm³/mol. The number of carbonyl (C=O) groups is 2. The molecule has 1 aromatic heterocycles. The van der Waals surface area contributed by atoms with Crippen molar-refractivity contribution in [2.75, 3.05) is 47.4 Å². The van der Waals surface area contributed by atoms with Crippen LogP contribution >= 0.6 is 0 Å². The van der Waals surface area contributed by atoms with Gasteiger partial charge in [-0.25, -0.2) is 4.98 Å². The second kappa shape index (κ2) is 11.0. The SMILES string of the molecule is Cc1ccccc1-c1cnc2c(c1)C(=O)N([C@@H](C)CO)C[C@H](C)[C@@H](CN(C)C(=O)CN(C)C)O2. The van der Waals surface area contributed by atoms with E-state index in [2.05, 4.69) is 4.98 Å². The van der Waals surface area contributed by atoms with E-state index >= 15 is 0 Å². The van der Waals surface area contributed by atoms with Crippen molar-refractivity contribution < 1.29 is 19.4 Å². The zero-order chi connectivity index (χ0) is 25.0. The predicted octanol–water partition coefficient (Wildman–Crippen LogP) is 2.30. The topological polar surface area (TPSA) is 86.2 Å². The zero-order valence-corrected chi connectivity index (χ0v) is 21.0. The maximum atomic E-state index is 13.6. The van der Waals surface area contributed by atoms with Crippen molar-refractivity contribution in [1.82, 2.24) is 19.7 Å². The second-order valence-electron chi connectivity index (χ2n) is 9.53. The van der Waals surface area contributed by atoms with Crippen molar-refractivity contribution in [3.05, 3.63) is 47.7 Å². The summed E-state index contributed by atoms with van der Waals surface area (Å²) in [5, 5.41) is 9.84. The van der Waals surface area contributed by atoms with Crippen LogP contribution in [0.25, 0.3) is 11.1 Å². The molecule has 2 aromatic rings. The fourth-order valence-corrected chi connectivity index (χ4v) is 4.13. The van der Waals surface area contributed by atoms with E-state index in [4.69, 9.17) is 4.74 Å². The van der Waals surface area contributed by atoms with Crippen LogP contribution in [-0.2, 0) is 4.79 Å². The van der Waals surface area contributed by atoms with Gasteiger partial charge in [-0.05, 0) is 45.1 Å². The molecule has 1 N–H and O–H groups in total. The number of ether oxygens (including phenoxy) is 1. The quantitative estimate of drug-likeness (QED) is 0.671. The first-order valence-electron chi connectivity index (χ1n) is 11.7. The monoisotopic (exact) mass is 468 g/mol. The first kappa shape index (κ1) is 25.6. The van der Waals surface area contributed by atoms with Crippen LogP contribution in [0.4, 0.5) is 0 Å². The lowest BCUT2D eigenvalue weighted by molar-refractivity contribution is -0.132. The van der Waals surface area contributed by atoms with Gasteiger partial charge in [-0.3, -0.25) is 9.59 Å². The largest absolute Gasteiger partial charge is 0.472 e. The van der Waals surface area contributed by atoms with E-state index in [-0.39, 0.29) is 42.4 Å². The first-order chi connectivity index (χ1) is 16.1. The summed E-state index contributed by atoms with van der Waals surface area (Å²) in [7, 11) is 5.47. The molecule has 184 valence electrons. The number of aromatic nitrogens is 1. The zero-order valence-electron chi connectivity index (χ0n) is 21.0. The average Bonchev–Trinajstić information content (AvgIpc) is 2.80. The third-order valence-corrected chi connectivity index (χ3v) is 6.31. The summed E-state index contributed by atoms with van der Waals surface area (Å²) >= 11 is 0. The van der Waals surface area contributed by atoms with Gasteiger partial charge >= 0.3 is 0 Å². The third kappa shape index (κ3) is 5.74. The Morgan fingerprint density at radius 2 is 1.97 bits per heavy atom. The summed E-state index contributed by atoms with van der Waals surface area (Å²) in [6, 6.07) is 9.39. The van der Waals surface area contributed by atoms with Crippen LogP contribution in [-0.4, -0.2) is 96.1 Å². The van der Waals surface area contributed by atoms with Gasteiger partial charge in [0, 0.05) is 31.3 Å². The van der Waals surface area contributed by atoms with E-state index in [0.717, 1.165) is 16.7 Å². The number of nitrogens with zero attached hydrogens (tertiary/aromatic N) is 4. The molecule has 8 heteroatoms. The van der Waals surface area contributed by atoms with Crippen LogP contribution in [0.2, 0.25) is 0 Å². The Morgan fingerprint density at radius 1 is 1.26 bits per heavy atom. The molecule has 3 atom stereocenters. The van der Waals surface area contributed by atoms with Crippen molar-refractivity contribution in [1.29, 1.82) is 0 Å². The summed E-state index contributed by atoms with van der Waals surface area (Å²) in [6.07, 6.45) is 1.35. The molecule has 34 heavy (non-hydrogen) atoms. The molecule has 0 saturated carbocycles. The lowest BCUT2D eigenvalue weighted by Gasteiger charge is -2.37. The first-order valence-corrected chi connectivity index (χ1v) is 11.7. The van der Waals surface area contributed by atoms with Gasteiger partial charge in [0.05, 0.1) is 25.7 Å². The maximum Gasteiger partial charge on any atom is 0.259 e. The van der Waals surface area contributed by atoms with Gasteiger partial charge < -0.3 is 24.5 Å². The Kier molecular flexibility index (Phi) is 8.28. The van der Waals surface area contributed by atoms with Gasteiger partial charge in [0.1, 0.15) is 11.7 Å². The number of aliphatic hydroxyl groups is 1. The maximum absolute atomic E-state index is 13.6. The number of amides is 2. The Labute approximate surface area is 202 Å². The van der Waals surface area contributed by atoms with Crippen LogP contribution in [0.3, 0.4) is 0 Å². The number of carbonyl (C=O) groups excluding carboxylic acids is 2. The van der Waals surface area contributed by atoms with Gasteiger partial charge in [-0.1, -0.05) is 31.2 Å². The molecule has 2 amide bonds. The molecule has 0 fully saturated rings. The fourth-order valence-electron chi connectivity index (χ4n) is 4.13. The lowest BCUT2D eigenvalue weighted by Crippen LogP contribution is -2.51. The van der Waals surface area contributed by atoms with Crippen molar-refractivity contribution in [2.24, 2.45) is 5.92 Å². The van der Waals surface area contributed by atoms with Gasteiger partial charge in [-0.15, -0.1) is 0 Å². The van der Waals surface area contributed by atoms with Gasteiger partial charge in [-0.2, -0.15) is 0 Å². The average molecular weight is 469 g/mol. The molecule has 0 bridgehead atoms. The van der Waals surface area contributed by atoms with Crippen LogP contribution in [0.5, 0.6) is 5.88 Å². The molecule has 1 aliphatic heterocycles. The fraction of sp³-hybridized carbons (Fsp3) is 0.500. The Hall–Kier alpha value is -2.97. The normalized spacial score (nSPS) is 19.2. The highest BCUT2D eigenvalue weighted by atomic mass is 16.5. The minimum absolute atomic E-state index is 0.0115. The van der Waals surface area contributed by atoms with Gasteiger partial charge in [0.2, 0.25) is 11.8 Å². The summed E-state index contributed by atoms with van der Waals surface area (Å²) in [6.45, 7) is 6.75. The molecular weight excluding hydrogens is 432 g/mol. The van der Waals surface area contributed by atoms with Gasteiger partial charge in [0.25, 0.3) is 5.91 Å². The van der Waals surface area contributed by atoms with E-state index in [1.807, 2.05) is 70.1 Å². The van der Waals surface area contributed by atoms with Crippen LogP contribution < -0.4 is 4.74 Å². The summed E-state index contributed by atoms with van der Waals surface area (Å²) in [5.74, 6) is -0.0644. The molecule has 1 aliphatic rings. The third-order valence-electron chi connectivity index (χ3n) is 6.31. The minimum Gasteiger partial charge on any atom is -0.472 e. The highest BCUT2D eigenvalue weighted by molar-refractivity contribution is 5.98. The number of benzene rings is 1. The van der Waals surface area contributed by atoms with Crippen molar-refractivity contribution in [2.45, 2.75) is 32.9 Å². The van der Waals surface area contributed by atoms with Gasteiger partial charge in [0.15, 0.2) is 0 Å². The molecule has 2 heterocycles. The summed E-state index contributed by atoms with van der Waals surface area (Å²) in [5.41, 5.74) is 3.26. The molecule has 1 aromatic carbocycles. The summed E-state index contributed by atoms with van der Waals surface area (Å²) < 4.78 is 6.30. The highest BCUT2D eigenvalue weighted by Crippen LogP contribution is 2.31.